The van der Waals surface area contributed by atoms with Crippen LogP contribution in [0, 0.1) is 0 Å². The van der Waals surface area contributed by atoms with Gasteiger partial charge in [0.05, 0.1) is 6.61 Å². The van der Waals surface area contributed by atoms with E-state index in [1.54, 1.807) is 0 Å². The number of hydrogen-bond acceptors (Lipinski definition) is 7. The Kier molecular flexibility index (Phi) is 18.5. The van der Waals surface area contributed by atoms with E-state index >= 15 is 0 Å². The molecule has 0 aliphatic heterocycles. The van der Waals surface area contributed by atoms with Crippen LogP contribution in [0.1, 0.15) is 84.0 Å². The average Bonchev–Trinajstić information content (AvgIpc) is 2.92. The molecule has 0 aliphatic carbocycles. The third-order valence-corrected chi connectivity index (χ3v) is 10.5. The summed E-state index contributed by atoms with van der Waals surface area (Å²) >= 11 is 0. The van der Waals surface area contributed by atoms with Gasteiger partial charge in [-0.2, -0.15) is 25.3 Å². The normalized spacial score (nSPS) is 12.2. The first-order valence-corrected chi connectivity index (χ1v) is 18.9. The van der Waals surface area contributed by atoms with Crippen molar-refractivity contribution >= 4 is 151 Å². The molecule has 0 aliphatic rings. The second-order valence-corrected chi connectivity index (χ2v) is 15.1. The molecule has 0 fully saturated rings. The first kappa shape index (κ1) is 44.5. The fourth-order valence-electron chi connectivity index (χ4n) is 5.75. The van der Waals surface area contributed by atoms with Gasteiger partial charge in [-0.15, -0.1) is 0 Å². The van der Waals surface area contributed by atoms with Gasteiger partial charge in [0.1, 0.15) is 20.4 Å². The maximum absolute atomic E-state index is 12.4. The summed E-state index contributed by atoms with van der Waals surface area (Å²) in [6.07, 6.45) is 13.9. The molecule has 0 atom stereocenters. The van der Waals surface area contributed by atoms with Crippen LogP contribution < -0.4 is 4.74 Å². The van der Waals surface area contributed by atoms with Gasteiger partial charge in [0, 0.05) is 38.4 Å². The molecule has 0 saturated heterocycles. The van der Waals surface area contributed by atoms with Crippen molar-refractivity contribution in [2.24, 2.45) is 0 Å². The minimum atomic E-state index is -4.97. The molecule has 4 aromatic rings. The van der Waals surface area contributed by atoms with Crippen LogP contribution in [0.4, 0.5) is 0 Å². The standard InChI is InChI=1S/C30H38O10S3.3Na.3H/c1-2-3-4-5-6-7-8-9-10-11-12-13-18-40-25-19-26(41(31,32)33)22-16-17-24-28(43(37,38)39)20-27(42(34,35)36)23-15-14-21(25)29(22)30(23)24;;;;;;/h14-17,19-20H,2-13,18H2,1H3,(H,31,32,33)(H,34,35,36)(H,37,38,39);;;;;;. The van der Waals surface area contributed by atoms with Crippen molar-refractivity contribution in [1.29, 1.82) is 0 Å². The van der Waals surface area contributed by atoms with E-state index in [2.05, 4.69) is 6.92 Å². The minimum absolute atomic E-state index is 0. The molecule has 16 heteroatoms. The first-order valence-electron chi connectivity index (χ1n) is 14.6. The Balaban J connectivity index is 0.00000353. The Morgan fingerprint density at radius 3 is 1.22 bits per heavy atom. The van der Waals surface area contributed by atoms with Crippen LogP contribution in [0.25, 0.3) is 32.3 Å². The fourth-order valence-corrected chi connectivity index (χ4v) is 7.96. The summed E-state index contributed by atoms with van der Waals surface area (Å²) in [7, 11) is -14.7. The van der Waals surface area contributed by atoms with Gasteiger partial charge >= 0.3 is 88.7 Å². The summed E-state index contributed by atoms with van der Waals surface area (Å²) < 4.78 is 109. The number of benzene rings is 4. The zero-order valence-electron chi connectivity index (χ0n) is 24.1. The van der Waals surface area contributed by atoms with E-state index in [1.165, 1.54) is 81.7 Å². The SMILES string of the molecule is CCCCCCCCCCCCCCOc1cc(S(=O)(=O)O)c2ccc3c(S(=O)(=O)O)cc(S(=O)(=O)O)c4ccc1c2c43.[NaH].[NaH].[NaH]. The van der Waals surface area contributed by atoms with E-state index < -0.39 is 45.0 Å². The van der Waals surface area contributed by atoms with Crippen LogP contribution in [0.3, 0.4) is 0 Å². The second kappa shape index (κ2) is 19.2. The summed E-state index contributed by atoms with van der Waals surface area (Å²) in [4.78, 5) is -2.07. The molecule has 4 aromatic carbocycles. The van der Waals surface area contributed by atoms with Gasteiger partial charge in [-0.05, 0) is 18.6 Å². The van der Waals surface area contributed by atoms with Gasteiger partial charge < -0.3 is 4.74 Å². The van der Waals surface area contributed by atoms with E-state index in [9.17, 15) is 38.9 Å². The van der Waals surface area contributed by atoms with Gasteiger partial charge in [0.2, 0.25) is 0 Å². The topological polar surface area (TPSA) is 172 Å². The van der Waals surface area contributed by atoms with Crippen molar-refractivity contribution in [3.05, 3.63) is 36.4 Å². The van der Waals surface area contributed by atoms with Crippen LogP contribution in [-0.4, -0.2) is 134 Å². The summed E-state index contributed by atoms with van der Waals surface area (Å²) in [5.41, 5.74) is 0. The summed E-state index contributed by atoms with van der Waals surface area (Å²) in [5.74, 6) is 0.100. The monoisotopic (exact) mass is 726 g/mol. The van der Waals surface area contributed by atoms with E-state index in [-0.39, 0.29) is 128 Å². The first-order chi connectivity index (χ1) is 20.2. The van der Waals surface area contributed by atoms with Gasteiger partial charge in [0.25, 0.3) is 30.4 Å². The molecule has 46 heavy (non-hydrogen) atoms. The number of hydrogen-bond donors (Lipinski definition) is 3. The predicted molar refractivity (Wildman–Crippen MR) is 188 cm³/mol. The van der Waals surface area contributed by atoms with Gasteiger partial charge in [-0.1, -0.05) is 95.8 Å². The van der Waals surface area contributed by atoms with E-state index in [0.29, 0.717) is 17.9 Å². The molecule has 0 amide bonds. The summed E-state index contributed by atoms with van der Waals surface area (Å²) in [5, 5.41) is 0.212. The molecule has 0 aromatic heterocycles. The molecule has 0 bridgehead atoms. The van der Waals surface area contributed by atoms with Crippen molar-refractivity contribution in [1.82, 2.24) is 0 Å². The Hall–Kier alpha value is 0.450. The van der Waals surface area contributed by atoms with Gasteiger partial charge in [0.15, 0.2) is 0 Å². The van der Waals surface area contributed by atoms with Crippen molar-refractivity contribution in [2.75, 3.05) is 6.61 Å². The maximum atomic E-state index is 12.4. The zero-order chi connectivity index (χ0) is 31.4. The Labute approximate surface area is 338 Å². The van der Waals surface area contributed by atoms with Gasteiger partial charge in [-0.3, -0.25) is 13.7 Å². The summed E-state index contributed by atoms with van der Waals surface area (Å²) in [6.45, 7) is 2.46. The zero-order valence-corrected chi connectivity index (χ0v) is 26.5. The van der Waals surface area contributed by atoms with E-state index in [0.717, 1.165) is 19.3 Å². The van der Waals surface area contributed by atoms with Crippen molar-refractivity contribution in [3.8, 4) is 5.75 Å². The van der Waals surface area contributed by atoms with Crippen molar-refractivity contribution < 1.29 is 43.6 Å². The Morgan fingerprint density at radius 1 is 0.500 bits per heavy atom. The summed E-state index contributed by atoms with van der Waals surface area (Å²) in [6, 6.07) is 7.15. The van der Waals surface area contributed by atoms with Gasteiger partial charge in [-0.25, -0.2) is 0 Å². The van der Waals surface area contributed by atoms with Crippen LogP contribution in [0.2, 0.25) is 0 Å². The molecule has 0 unspecified atom stereocenters. The third kappa shape index (κ3) is 11.0. The molecule has 0 radical (unpaired) electrons. The molecule has 10 nitrogen and oxygen atoms in total. The Morgan fingerprint density at radius 2 is 0.826 bits per heavy atom. The van der Waals surface area contributed by atoms with Crippen LogP contribution in [-0.2, 0) is 30.4 Å². The number of unbranched alkanes of at least 4 members (excludes halogenated alkanes) is 11. The van der Waals surface area contributed by atoms with E-state index in [4.69, 9.17) is 4.74 Å². The van der Waals surface area contributed by atoms with Crippen molar-refractivity contribution in [3.63, 3.8) is 0 Å². The van der Waals surface area contributed by atoms with Crippen LogP contribution in [0.5, 0.6) is 5.75 Å². The molecule has 0 heterocycles. The van der Waals surface area contributed by atoms with Crippen molar-refractivity contribution in [2.45, 2.75) is 98.7 Å². The predicted octanol–water partition coefficient (Wildman–Crippen LogP) is 5.46. The molecular weight excluding hydrogens is 685 g/mol. The number of rotatable bonds is 17. The Bertz CT molecular complexity index is 1880. The molecule has 0 saturated carbocycles. The molecule has 242 valence electrons. The average molecular weight is 727 g/mol. The third-order valence-electron chi connectivity index (χ3n) is 7.84. The number of ether oxygens (including phenoxy) is 1. The second-order valence-electron chi connectivity index (χ2n) is 11.0. The van der Waals surface area contributed by atoms with Crippen LogP contribution in [0.15, 0.2) is 51.1 Å². The molecule has 0 spiro atoms. The fraction of sp³-hybridized carbons (Fsp3) is 0.467. The molecular formula is C30H41Na3O10S3. The quantitative estimate of drug-likeness (QED) is 0.0549. The molecule has 3 N–H and O–H groups in total. The molecule has 4 rings (SSSR count). The van der Waals surface area contributed by atoms with Crippen LogP contribution >= 0.6 is 0 Å². The van der Waals surface area contributed by atoms with E-state index in [1.807, 2.05) is 0 Å².